The number of carbonyl (C=O) groups is 2. The highest BCUT2D eigenvalue weighted by molar-refractivity contribution is 5.95. The third-order valence-electron chi connectivity index (χ3n) is 3.49. The van der Waals surface area contributed by atoms with Gasteiger partial charge in [-0.2, -0.15) is 5.10 Å². The highest BCUT2D eigenvalue weighted by Crippen LogP contribution is 2.15. The molecular formula is C16H18FN3O3. The van der Waals surface area contributed by atoms with Crippen molar-refractivity contribution in [3.05, 3.63) is 47.5 Å². The standard InChI is InChI=1S/C16H18FN3O3/c1-10(3-8-15(21)22)19-16(23)14-9-18-20(11(14)2)13-6-4-12(17)5-7-13/h4-7,9-10H,3,8H2,1-2H3,(H,19,23)(H,21,22). The number of aliphatic carboxylic acids is 1. The number of hydrogen-bond donors (Lipinski definition) is 2. The Morgan fingerprint density at radius 1 is 1.35 bits per heavy atom. The fourth-order valence-corrected chi connectivity index (χ4v) is 2.19. The van der Waals surface area contributed by atoms with Gasteiger partial charge in [0.2, 0.25) is 0 Å². The topological polar surface area (TPSA) is 84.2 Å². The number of rotatable bonds is 6. The maximum atomic E-state index is 13.0. The maximum Gasteiger partial charge on any atom is 0.303 e. The van der Waals surface area contributed by atoms with Crippen LogP contribution in [0.3, 0.4) is 0 Å². The van der Waals surface area contributed by atoms with E-state index in [9.17, 15) is 14.0 Å². The minimum atomic E-state index is -0.897. The van der Waals surface area contributed by atoms with E-state index in [0.717, 1.165) is 0 Å². The van der Waals surface area contributed by atoms with Crippen LogP contribution < -0.4 is 5.32 Å². The van der Waals surface area contributed by atoms with Crippen molar-refractivity contribution in [1.82, 2.24) is 15.1 Å². The molecule has 0 spiro atoms. The Kier molecular flexibility index (Phi) is 5.10. The molecule has 122 valence electrons. The summed E-state index contributed by atoms with van der Waals surface area (Å²) in [5.74, 6) is -1.55. The first-order chi connectivity index (χ1) is 10.9. The van der Waals surface area contributed by atoms with Crippen LogP contribution in [0.15, 0.2) is 30.5 Å². The molecule has 2 N–H and O–H groups in total. The summed E-state index contributed by atoms with van der Waals surface area (Å²) >= 11 is 0. The van der Waals surface area contributed by atoms with Gasteiger partial charge in [-0.1, -0.05) is 0 Å². The Morgan fingerprint density at radius 2 is 2.00 bits per heavy atom. The normalized spacial score (nSPS) is 12.0. The Morgan fingerprint density at radius 3 is 2.61 bits per heavy atom. The van der Waals surface area contributed by atoms with E-state index in [1.165, 1.54) is 18.3 Å². The molecular weight excluding hydrogens is 301 g/mol. The van der Waals surface area contributed by atoms with Crippen molar-refractivity contribution in [2.75, 3.05) is 0 Å². The van der Waals surface area contributed by atoms with Gasteiger partial charge in [-0.25, -0.2) is 9.07 Å². The zero-order valence-corrected chi connectivity index (χ0v) is 12.9. The molecule has 6 nitrogen and oxygen atoms in total. The third-order valence-corrected chi connectivity index (χ3v) is 3.49. The number of carboxylic acids is 1. The van der Waals surface area contributed by atoms with Gasteiger partial charge in [-0.15, -0.1) is 0 Å². The monoisotopic (exact) mass is 319 g/mol. The molecule has 2 aromatic rings. The maximum absolute atomic E-state index is 13.0. The van der Waals surface area contributed by atoms with Crippen LogP contribution in [0.2, 0.25) is 0 Å². The third kappa shape index (κ3) is 4.15. The number of hydrogen-bond acceptors (Lipinski definition) is 3. The van der Waals surface area contributed by atoms with Crippen molar-refractivity contribution >= 4 is 11.9 Å². The highest BCUT2D eigenvalue weighted by atomic mass is 19.1. The van der Waals surface area contributed by atoms with Crippen LogP contribution in [0.4, 0.5) is 4.39 Å². The second-order valence-corrected chi connectivity index (χ2v) is 5.34. The van der Waals surface area contributed by atoms with Crippen molar-refractivity contribution in [3.63, 3.8) is 0 Å². The molecule has 1 aromatic carbocycles. The summed E-state index contributed by atoms with van der Waals surface area (Å²) in [6.45, 7) is 3.49. The first kappa shape index (κ1) is 16.7. The number of halogens is 1. The SMILES string of the molecule is Cc1c(C(=O)NC(C)CCC(=O)O)cnn1-c1ccc(F)cc1. The first-order valence-corrected chi connectivity index (χ1v) is 7.21. The Labute approximate surface area is 132 Å². The summed E-state index contributed by atoms with van der Waals surface area (Å²) in [6, 6.07) is 5.54. The second kappa shape index (κ2) is 7.04. The van der Waals surface area contributed by atoms with Crippen molar-refractivity contribution in [1.29, 1.82) is 0 Å². The van der Waals surface area contributed by atoms with Crippen LogP contribution in [0.5, 0.6) is 0 Å². The molecule has 7 heteroatoms. The number of nitrogens with zero attached hydrogens (tertiary/aromatic N) is 2. The predicted octanol–water partition coefficient (Wildman–Crippen LogP) is 2.30. The number of benzene rings is 1. The molecule has 1 heterocycles. The molecule has 0 bridgehead atoms. The van der Waals surface area contributed by atoms with E-state index in [2.05, 4.69) is 10.4 Å². The van der Waals surface area contributed by atoms with Gasteiger partial charge in [0, 0.05) is 12.5 Å². The molecule has 0 fully saturated rings. The second-order valence-electron chi connectivity index (χ2n) is 5.34. The van der Waals surface area contributed by atoms with Crippen LogP contribution in [0, 0.1) is 12.7 Å². The number of amides is 1. The Balaban J connectivity index is 2.10. The minimum absolute atomic E-state index is 0.00469. The van der Waals surface area contributed by atoms with E-state index >= 15 is 0 Å². The van der Waals surface area contributed by atoms with Crippen molar-refractivity contribution < 1.29 is 19.1 Å². The van der Waals surface area contributed by atoms with Gasteiger partial charge in [-0.3, -0.25) is 9.59 Å². The molecule has 1 aromatic heterocycles. The molecule has 1 amide bonds. The zero-order valence-electron chi connectivity index (χ0n) is 12.9. The quantitative estimate of drug-likeness (QED) is 0.855. The van der Waals surface area contributed by atoms with Crippen LogP contribution >= 0.6 is 0 Å². The van der Waals surface area contributed by atoms with Crippen LogP contribution in [0.1, 0.15) is 35.8 Å². The summed E-state index contributed by atoms with van der Waals surface area (Å²) in [6.07, 6.45) is 1.79. The molecule has 2 rings (SSSR count). The lowest BCUT2D eigenvalue weighted by Crippen LogP contribution is -2.33. The Hall–Kier alpha value is -2.70. The first-order valence-electron chi connectivity index (χ1n) is 7.21. The number of carbonyl (C=O) groups excluding carboxylic acids is 1. The number of carboxylic acid groups (broad SMARTS) is 1. The average molecular weight is 319 g/mol. The van der Waals surface area contributed by atoms with Gasteiger partial charge in [0.25, 0.3) is 5.91 Å². The van der Waals surface area contributed by atoms with Gasteiger partial charge in [-0.05, 0) is 44.5 Å². The fraction of sp³-hybridized carbons (Fsp3) is 0.312. The van der Waals surface area contributed by atoms with Crippen molar-refractivity contribution in [2.45, 2.75) is 32.7 Å². The van der Waals surface area contributed by atoms with E-state index in [-0.39, 0.29) is 24.2 Å². The molecule has 23 heavy (non-hydrogen) atoms. The molecule has 0 radical (unpaired) electrons. The molecule has 0 saturated carbocycles. The Bertz CT molecular complexity index is 710. The molecule has 0 aliphatic carbocycles. The van der Waals surface area contributed by atoms with E-state index in [0.29, 0.717) is 23.4 Å². The minimum Gasteiger partial charge on any atom is -0.481 e. The lowest BCUT2D eigenvalue weighted by atomic mass is 10.1. The fourth-order valence-electron chi connectivity index (χ4n) is 2.19. The molecule has 1 atom stereocenters. The summed E-state index contributed by atoms with van der Waals surface area (Å²) < 4.78 is 14.5. The molecule has 1 unspecified atom stereocenters. The largest absolute Gasteiger partial charge is 0.481 e. The van der Waals surface area contributed by atoms with E-state index < -0.39 is 5.97 Å². The van der Waals surface area contributed by atoms with Gasteiger partial charge < -0.3 is 10.4 Å². The van der Waals surface area contributed by atoms with Gasteiger partial charge in [0.1, 0.15) is 5.82 Å². The summed E-state index contributed by atoms with van der Waals surface area (Å²) in [5.41, 5.74) is 1.68. The van der Waals surface area contributed by atoms with Crippen LogP contribution in [0.25, 0.3) is 5.69 Å². The molecule has 0 aliphatic rings. The molecule has 0 aliphatic heterocycles. The van der Waals surface area contributed by atoms with Crippen molar-refractivity contribution in [2.24, 2.45) is 0 Å². The van der Waals surface area contributed by atoms with E-state index in [1.54, 1.807) is 30.7 Å². The molecule has 0 saturated heterocycles. The zero-order chi connectivity index (χ0) is 17.0. The van der Waals surface area contributed by atoms with Gasteiger partial charge >= 0.3 is 5.97 Å². The highest BCUT2D eigenvalue weighted by Gasteiger charge is 2.17. The lowest BCUT2D eigenvalue weighted by molar-refractivity contribution is -0.137. The predicted molar refractivity (Wildman–Crippen MR) is 82.1 cm³/mol. The number of nitrogens with one attached hydrogen (secondary N) is 1. The average Bonchev–Trinajstić information content (AvgIpc) is 2.88. The van der Waals surface area contributed by atoms with Crippen LogP contribution in [-0.2, 0) is 4.79 Å². The van der Waals surface area contributed by atoms with Gasteiger partial charge in [0.05, 0.1) is 23.1 Å². The smallest absolute Gasteiger partial charge is 0.303 e. The van der Waals surface area contributed by atoms with E-state index in [1.807, 2.05) is 0 Å². The summed E-state index contributed by atoms with van der Waals surface area (Å²) in [4.78, 5) is 22.8. The number of aromatic nitrogens is 2. The summed E-state index contributed by atoms with van der Waals surface area (Å²) in [7, 11) is 0. The summed E-state index contributed by atoms with van der Waals surface area (Å²) in [5, 5.41) is 15.6. The van der Waals surface area contributed by atoms with E-state index in [4.69, 9.17) is 5.11 Å². The van der Waals surface area contributed by atoms with Crippen LogP contribution in [-0.4, -0.2) is 32.8 Å². The lowest BCUT2D eigenvalue weighted by Gasteiger charge is -2.12. The van der Waals surface area contributed by atoms with Crippen molar-refractivity contribution in [3.8, 4) is 5.69 Å². The van der Waals surface area contributed by atoms with Gasteiger partial charge in [0.15, 0.2) is 0 Å².